The minimum Gasteiger partial charge on any atom is -0.464 e. The first kappa shape index (κ1) is 13.8. The van der Waals surface area contributed by atoms with Gasteiger partial charge in [0.2, 0.25) is 0 Å². The highest BCUT2D eigenvalue weighted by molar-refractivity contribution is 5.80. The van der Waals surface area contributed by atoms with E-state index in [1.54, 1.807) is 0 Å². The Labute approximate surface area is 109 Å². The lowest BCUT2D eigenvalue weighted by Gasteiger charge is -2.34. The smallest absolute Gasteiger partial charge is 0.326 e. The zero-order chi connectivity index (χ0) is 13.0. The summed E-state index contributed by atoms with van der Waals surface area (Å²) in [7, 11) is 0. The minimum absolute atomic E-state index is 0.205. The van der Waals surface area contributed by atoms with Crippen molar-refractivity contribution in [1.29, 1.82) is 0 Å². The second-order valence-corrected chi connectivity index (χ2v) is 5.84. The summed E-state index contributed by atoms with van der Waals surface area (Å²) in [5.74, 6) is 0.895. The molecule has 1 atom stereocenters. The second kappa shape index (κ2) is 6.02. The van der Waals surface area contributed by atoms with Crippen LogP contribution >= 0.6 is 0 Å². The van der Waals surface area contributed by atoms with E-state index in [2.05, 4.69) is 6.92 Å². The Morgan fingerprint density at radius 2 is 2.06 bits per heavy atom. The maximum Gasteiger partial charge on any atom is 0.326 e. The number of carbonyl (C=O) groups is 1. The molecular weight excluding hydrogens is 230 g/mol. The molecule has 4 nitrogen and oxygen atoms in total. The number of nitrogens with two attached hydrogens (primary N) is 1. The summed E-state index contributed by atoms with van der Waals surface area (Å²) in [5.41, 5.74) is 5.47. The number of esters is 1. The third-order valence-electron chi connectivity index (χ3n) is 4.46. The lowest BCUT2D eigenvalue weighted by molar-refractivity contribution is -0.153. The molecule has 1 saturated carbocycles. The van der Waals surface area contributed by atoms with Crippen LogP contribution in [0, 0.1) is 11.8 Å². The van der Waals surface area contributed by atoms with Crippen molar-refractivity contribution in [3.05, 3.63) is 0 Å². The van der Waals surface area contributed by atoms with E-state index in [0.29, 0.717) is 19.1 Å². The van der Waals surface area contributed by atoms with E-state index >= 15 is 0 Å². The van der Waals surface area contributed by atoms with Gasteiger partial charge in [0.15, 0.2) is 0 Å². The van der Waals surface area contributed by atoms with E-state index in [4.69, 9.17) is 15.2 Å². The topological polar surface area (TPSA) is 61.6 Å². The van der Waals surface area contributed by atoms with Gasteiger partial charge in [-0.15, -0.1) is 0 Å². The van der Waals surface area contributed by atoms with Gasteiger partial charge in [-0.3, -0.25) is 4.79 Å². The van der Waals surface area contributed by atoms with Crippen LogP contribution in [0.4, 0.5) is 0 Å². The van der Waals surface area contributed by atoms with Gasteiger partial charge in [-0.1, -0.05) is 13.3 Å². The van der Waals surface area contributed by atoms with Crippen LogP contribution < -0.4 is 5.73 Å². The van der Waals surface area contributed by atoms with E-state index in [1.165, 1.54) is 6.42 Å². The van der Waals surface area contributed by atoms with E-state index in [0.717, 1.165) is 44.6 Å². The molecule has 1 aliphatic heterocycles. The standard InChI is InChI=1S/C14H25NO3/c1-2-11-3-6-14(15,7-4-11)13(16)18-10-12-5-8-17-9-12/h11-12H,2-10,15H2,1H3. The lowest BCUT2D eigenvalue weighted by Crippen LogP contribution is -2.51. The molecule has 2 fully saturated rings. The summed E-state index contributed by atoms with van der Waals surface area (Å²) in [6.45, 7) is 4.17. The van der Waals surface area contributed by atoms with Crippen LogP contribution in [0.2, 0.25) is 0 Å². The van der Waals surface area contributed by atoms with E-state index in [9.17, 15) is 4.79 Å². The fourth-order valence-corrected chi connectivity index (χ4v) is 2.86. The molecule has 0 aromatic rings. The molecular formula is C14H25NO3. The molecule has 104 valence electrons. The second-order valence-electron chi connectivity index (χ2n) is 5.84. The fraction of sp³-hybridized carbons (Fsp3) is 0.929. The van der Waals surface area contributed by atoms with Gasteiger partial charge >= 0.3 is 5.97 Å². The van der Waals surface area contributed by atoms with Gasteiger partial charge in [0.05, 0.1) is 13.2 Å². The van der Waals surface area contributed by atoms with Gasteiger partial charge in [0.25, 0.3) is 0 Å². The number of rotatable bonds is 4. The lowest BCUT2D eigenvalue weighted by atomic mass is 9.76. The quantitative estimate of drug-likeness (QED) is 0.779. The molecule has 18 heavy (non-hydrogen) atoms. The van der Waals surface area contributed by atoms with Gasteiger partial charge in [-0.25, -0.2) is 0 Å². The summed E-state index contributed by atoms with van der Waals surface area (Å²) in [6, 6.07) is 0. The molecule has 0 aromatic heterocycles. The third-order valence-corrected chi connectivity index (χ3v) is 4.46. The Hall–Kier alpha value is -0.610. The highest BCUT2D eigenvalue weighted by atomic mass is 16.5. The van der Waals surface area contributed by atoms with Crippen LogP contribution in [-0.2, 0) is 14.3 Å². The van der Waals surface area contributed by atoms with E-state index in [1.807, 2.05) is 0 Å². The first-order valence-corrected chi connectivity index (χ1v) is 7.18. The largest absolute Gasteiger partial charge is 0.464 e. The molecule has 2 rings (SSSR count). The summed E-state index contributed by atoms with van der Waals surface area (Å²) in [5, 5.41) is 0. The van der Waals surface area contributed by atoms with Crippen LogP contribution in [-0.4, -0.2) is 31.3 Å². The van der Waals surface area contributed by atoms with Crippen LogP contribution in [0.25, 0.3) is 0 Å². The predicted octanol–water partition coefficient (Wildman–Crippen LogP) is 1.86. The van der Waals surface area contributed by atoms with Crippen LogP contribution in [0.15, 0.2) is 0 Å². The Kier molecular flexibility index (Phi) is 4.62. The van der Waals surface area contributed by atoms with Gasteiger partial charge < -0.3 is 15.2 Å². The average Bonchev–Trinajstić information content (AvgIpc) is 2.90. The third kappa shape index (κ3) is 3.23. The molecule has 1 saturated heterocycles. The summed E-state index contributed by atoms with van der Waals surface area (Å²) in [4.78, 5) is 12.1. The summed E-state index contributed by atoms with van der Waals surface area (Å²) in [6.07, 6.45) is 5.81. The molecule has 1 heterocycles. The van der Waals surface area contributed by atoms with Crippen molar-refractivity contribution in [3.63, 3.8) is 0 Å². The fourth-order valence-electron chi connectivity index (χ4n) is 2.86. The maximum atomic E-state index is 12.1. The number of carbonyl (C=O) groups excluding carboxylic acids is 1. The van der Waals surface area contributed by atoms with Crippen LogP contribution in [0.1, 0.15) is 45.4 Å². The van der Waals surface area contributed by atoms with Gasteiger partial charge in [0, 0.05) is 12.5 Å². The molecule has 2 aliphatic rings. The van der Waals surface area contributed by atoms with Gasteiger partial charge in [-0.2, -0.15) is 0 Å². The number of hydrogen-bond donors (Lipinski definition) is 1. The SMILES string of the molecule is CCC1CCC(N)(C(=O)OCC2CCOC2)CC1. The molecule has 4 heteroatoms. The van der Waals surface area contributed by atoms with Crippen LogP contribution in [0.5, 0.6) is 0 Å². The Bertz CT molecular complexity index is 279. The maximum absolute atomic E-state index is 12.1. The molecule has 2 N–H and O–H groups in total. The van der Waals surface area contributed by atoms with Gasteiger partial charge in [-0.05, 0) is 38.0 Å². The Morgan fingerprint density at radius 1 is 1.33 bits per heavy atom. The predicted molar refractivity (Wildman–Crippen MR) is 69.1 cm³/mol. The average molecular weight is 255 g/mol. The molecule has 0 bridgehead atoms. The van der Waals surface area contributed by atoms with Crippen molar-refractivity contribution in [2.24, 2.45) is 17.6 Å². The first-order chi connectivity index (χ1) is 8.64. The van der Waals surface area contributed by atoms with Crippen molar-refractivity contribution in [2.75, 3.05) is 19.8 Å². The molecule has 1 unspecified atom stereocenters. The van der Waals surface area contributed by atoms with Crippen molar-refractivity contribution >= 4 is 5.97 Å². The first-order valence-electron chi connectivity index (χ1n) is 7.18. The Balaban J connectivity index is 1.77. The summed E-state index contributed by atoms with van der Waals surface area (Å²) >= 11 is 0. The Morgan fingerprint density at radius 3 is 2.61 bits per heavy atom. The van der Waals surface area contributed by atoms with Crippen LogP contribution in [0.3, 0.4) is 0 Å². The molecule has 1 aliphatic carbocycles. The monoisotopic (exact) mass is 255 g/mol. The van der Waals surface area contributed by atoms with Crippen molar-refractivity contribution in [1.82, 2.24) is 0 Å². The molecule has 0 aromatic carbocycles. The van der Waals surface area contributed by atoms with E-state index < -0.39 is 5.54 Å². The van der Waals surface area contributed by atoms with Crippen molar-refractivity contribution < 1.29 is 14.3 Å². The normalized spacial score (nSPS) is 36.6. The minimum atomic E-state index is -0.731. The highest BCUT2D eigenvalue weighted by Gasteiger charge is 2.39. The van der Waals surface area contributed by atoms with Crippen molar-refractivity contribution in [2.45, 2.75) is 51.0 Å². The number of ether oxygens (including phenoxy) is 2. The van der Waals surface area contributed by atoms with E-state index in [-0.39, 0.29) is 5.97 Å². The zero-order valence-electron chi connectivity index (χ0n) is 11.3. The number of hydrogen-bond acceptors (Lipinski definition) is 4. The summed E-state index contributed by atoms with van der Waals surface area (Å²) < 4.78 is 10.7. The molecule has 0 amide bonds. The van der Waals surface area contributed by atoms with Gasteiger partial charge in [0.1, 0.15) is 5.54 Å². The zero-order valence-corrected chi connectivity index (χ0v) is 11.3. The van der Waals surface area contributed by atoms with Crippen molar-refractivity contribution in [3.8, 4) is 0 Å². The molecule has 0 radical (unpaired) electrons. The molecule has 0 spiro atoms. The highest BCUT2D eigenvalue weighted by Crippen LogP contribution is 2.33.